The lowest BCUT2D eigenvalue weighted by atomic mass is 9.46. The molecule has 2 fully saturated rings. The van der Waals surface area contributed by atoms with Gasteiger partial charge < -0.3 is 0 Å². The van der Waals surface area contributed by atoms with Gasteiger partial charge in [-0.25, -0.2) is 0 Å². The van der Waals surface area contributed by atoms with Crippen LogP contribution >= 0.6 is 0 Å². The number of benzene rings is 1. The maximum atomic E-state index is 2.38. The van der Waals surface area contributed by atoms with Crippen LogP contribution in [-0.2, 0) is 0 Å². The summed E-state index contributed by atoms with van der Waals surface area (Å²) in [5.41, 5.74) is 2.34. The van der Waals surface area contributed by atoms with E-state index in [2.05, 4.69) is 44.2 Å². The van der Waals surface area contributed by atoms with Gasteiger partial charge in [0.25, 0.3) is 0 Å². The van der Waals surface area contributed by atoms with Crippen molar-refractivity contribution in [2.45, 2.75) is 45.4 Å². The summed E-state index contributed by atoms with van der Waals surface area (Å²) in [5.74, 6) is 2.80. The van der Waals surface area contributed by atoms with Crippen LogP contribution < -0.4 is 0 Å². The van der Waals surface area contributed by atoms with Crippen LogP contribution in [0.2, 0.25) is 0 Å². The van der Waals surface area contributed by atoms with Gasteiger partial charge in [0.05, 0.1) is 0 Å². The highest BCUT2D eigenvalue weighted by molar-refractivity contribution is 5.25. The Morgan fingerprint density at radius 3 is 2.19 bits per heavy atom. The predicted octanol–water partition coefficient (Wildman–Crippen LogP) is 4.62. The van der Waals surface area contributed by atoms with E-state index in [1.54, 1.807) is 5.56 Å². The van der Waals surface area contributed by atoms with Gasteiger partial charge in [0.1, 0.15) is 0 Å². The van der Waals surface area contributed by atoms with Crippen LogP contribution in [0.4, 0.5) is 0 Å². The molecule has 0 radical (unpaired) electrons. The van der Waals surface area contributed by atoms with Crippen LogP contribution in [0, 0.1) is 17.3 Å². The molecule has 1 aromatic rings. The monoisotopic (exact) mass is 214 g/mol. The molecular weight excluding hydrogens is 192 g/mol. The van der Waals surface area contributed by atoms with Gasteiger partial charge in [0.2, 0.25) is 0 Å². The molecule has 86 valence electrons. The van der Waals surface area contributed by atoms with E-state index in [1.807, 2.05) is 0 Å². The maximum Gasteiger partial charge on any atom is -0.0151 e. The van der Waals surface area contributed by atoms with E-state index in [4.69, 9.17) is 0 Å². The van der Waals surface area contributed by atoms with Crippen molar-refractivity contribution in [1.82, 2.24) is 0 Å². The fourth-order valence-electron chi connectivity index (χ4n) is 3.80. The topological polar surface area (TPSA) is 0 Å². The SMILES string of the molecule is CC(C)C1CC2(CC(c3ccccc3)C2)C1. The first-order valence-electron chi connectivity index (χ1n) is 6.73. The molecule has 2 aliphatic carbocycles. The van der Waals surface area contributed by atoms with Gasteiger partial charge in [-0.15, -0.1) is 0 Å². The number of rotatable bonds is 2. The molecule has 0 atom stereocenters. The Balaban J connectivity index is 1.57. The lowest BCUT2D eigenvalue weighted by Gasteiger charge is -2.59. The Bertz CT molecular complexity index is 349. The van der Waals surface area contributed by atoms with Gasteiger partial charge in [-0.3, -0.25) is 0 Å². The van der Waals surface area contributed by atoms with Crippen molar-refractivity contribution in [2.75, 3.05) is 0 Å². The van der Waals surface area contributed by atoms with Crippen LogP contribution in [0.15, 0.2) is 30.3 Å². The second-order valence-corrected chi connectivity index (χ2v) is 6.43. The third kappa shape index (κ3) is 1.59. The molecule has 0 heterocycles. The molecule has 1 aromatic carbocycles. The Labute approximate surface area is 99.1 Å². The largest absolute Gasteiger partial charge is 0.0625 e. The summed E-state index contributed by atoms with van der Waals surface area (Å²) in [4.78, 5) is 0. The number of hydrogen-bond donors (Lipinski definition) is 0. The second kappa shape index (κ2) is 3.61. The summed E-state index contributed by atoms with van der Waals surface area (Å²) in [5, 5.41) is 0. The molecule has 0 heteroatoms. The summed E-state index contributed by atoms with van der Waals surface area (Å²) in [6.07, 6.45) is 5.93. The van der Waals surface area contributed by atoms with Crippen LogP contribution in [-0.4, -0.2) is 0 Å². The first kappa shape index (κ1) is 10.4. The molecule has 0 N–H and O–H groups in total. The fraction of sp³-hybridized carbons (Fsp3) is 0.625. The van der Waals surface area contributed by atoms with Crippen molar-refractivity contribution in [3.05, 3.63) is 35.9 Å². The van der Waals surface area contributed by atoms with Gasteiger partial charge in [-0.1, -0.05) is 44.2 Å². The zero-order valence-corrected chi connectivity index (χ0v) is 10.4. The van der Waals surface area contributed by atoms with E-state index < -0.39 is 0 Å². The van der Waals surface area contributed by atoms with Crippen molar-refractivity contribution in [3.63, 3.8) is 0 Å². The van der Waals surface area contributed by atoms with Crippen molar-refractivity contribution in [3.8, 4) is 0 Å². The predicted molar refractivity (Wildman–Crippen MR) is 68.4 cm³/mol. The van der Waals surface area contributed by atoms with Gasteiger partial charge in [0, 0.05) is 0 Å². The molecule has 0 aromatic heterocycles. The average Bonchev–Trinajstić information content (AvgIpc) is 2.14. The minimum atomic E-state index is 0.773. The minimum Gasteiger partial charge on any atom is -0.0625 e. The molecule has 0 unspecified atom stereocenters. The van der Waals surface area contributed by atoms with Crippen LogP contribution in [0.1, 0.15) is 51.0 Å². The highest BCUT2D eigenvalue weighted by Crippen LogP contribution is 2.65. The van der Waals surface area contributed by atoms with E-state index >= 15 is 0 Å². The first-order chi connectivity index (χ1) is 7.69. The zero-order chi connectivity index (χ0) is 11.2. The third-order valence-electron chi connectivity index (χ3n) is 4.96. The summed E-state index contributed by atoms with van der Waals surface area (Å²) in [6.45, 7) is 4.76. The number of hydrogen-bond acceptors (Lipinski definition) is 0. The van der Waals surface area contributed by atoms with E-state index in [1.165, 1.54) is 25.7 Å². The standard InChI is InChI=1S/C16H22/c1-12(2)14-8-16(9-14)10-15(11-16)13-6-4-3-5-7-13/h3-7,12,14-15H,8-11H2,1-2H3. The Morgan fingerprint density at radius 2 is 1.62 bits per heavy atom. The van der Waals surface area contributed by atoms with Crippen molar-refractivity contribution < 1.29 is 0 Å². The third-order valence-corrected chi connectivity index (χ3v) is 4.96. The van der Waals surface area contributed by atoms with Crippen LogP contribution in [0.25, 0.3) is 0 Å². The zero-order valence-electron chi connectivity index (χ0n) is 10.4. The minimum absolute atomic E-state index is 0.773. The molecule has 3 rings (SSSR count). The summed E-state index contributed by atoms with van der Waals surface area (Å²) in [7, 11) is 0. The Kier molecular flexibility index (Phi) is 2.34. The van der Waals surface area contributed by atoms with Gasteiger partial charge in [-0.05, 0) is 54.4 Å². The molecule has 2 saturated carbocycles. The van der Waals surface area contributed by atoms with E-state index in [-0.39, 0.29) is 0 Å². The van der Waals surface area contributed by atoms with E-state index in [0.717, 1.165) is 23.2 Å². The summed E-state index contributed by atoms with van der Waals surface area (Å²) in [6, 6.07) is 11.1. The first-order valence-corrected chi connectivity index (χ1v) is 6.73. The highest BCUT2D eigenvalue weighted by Gasteiger charge is 2.53. The van der Waals surface area contributed by atoms with Gasteiger partial charge in [0.15, 0.2) is 0 Å². The summed E-state index contributed by atoms with van der Waals surface area (Å²) < 4.78 is 0. The maximum absolute atomic E-state index is 2.38. The quantitative estimate of drug-likeness (QED) is 0.674. The van der Waals surface area contributed by atoms with Crippen molar-refractivity contribution in [1.29, 1.82) is 0 Å². The molecule has 1 spiro atoms. The lowest BCUT2D eigenvalue weighted by Crippen LogP contribution is -2.47. The molecule has 2 aliphatic rings. The Morgan fingerprint density at radius 1 is 1.00 bits per heavy atom. The smallest absolute Gasteiger partial charge is 0.0151 e. The highest BCUT2D eigenvalue weighted by atomic mass is 14.6. The second-order valence-electron chi connectivity index (χ2n) is 6.43. The van der Waals surface area contributed by atoms with Crippen LogP contribution in [0.5, 0.6) is 0 Å². The molecular formula is C16H22. The normalized spacial score (nSPS) is 37.2. The average molecular weight is 214 g/mol. The molecule has 0 saturated heterocycles. The van der Waals surface area contributed by atoms with Crippen molar-refractivity contribution >= 4 is 0 Å². The molecule has 0 amide bonds. The van der Waals surface area contributed by atoms with Gasteiger partial charge >= 0.3 is 0 Å². The molecule has 0 bridgehead atoms. The van der Waals surface area contributed by atoms with Gasteiger partial charge in [-0.2, -0.15) is 0 Å². The molecule has 0 nitrogen and oxygen atoms in total. The fourth-order valence-corrected chi connectivity index (χ4v) is 3.80. The molecule has 0 aliphatic heterocycles. The van der Waals surface area contributed by atoms with E-state index in [0.29, 0.717) is 0 Å². The van der Waals surface area contributed by atoms with Crippen LogP contribution in [0.3, 0.4) is 0 Å². The van der Waals surface area contributed by atoms with Crippen molar-refractivity contribution in [2.24, 2.45) is 17.3 Å². The molecule has 16 heavy (non-hydrogen) atoms. The summed E-state index contributed by atoms with van der Waals surface area (Å²) >= 11 is 0. The van der Waals surface area contributed by atoms with E-state index in [9.17, 15) is 0 Å². The lowest BCUT2D eigenvalue weighted by molar-refractivity contribution is -0.0588. The Hall–Kier alpha value is -0.780.